The number of carbonyl (C=O) groups is 1. The number of aromatic nitrogens is 2. The number of carboxylic acid groups (broad SMARTS) is 1. The van der Waals surface area contributed by atoms with Crippen LogP contribution in [0.4, 0.5) is 0 Å². The summed E-state index contributed by atoms with van der Waals surface area (Å²) in [4.78, 5) is 15.2. The Morgan fingerprint density at radius 1 is 1.29 bits per heavy atom. The summed E-state index contributed by atoms with van der Waals surface area (Å²) in [5.41, 5.74) is 3.67. The summed E-state index contributed by atoms with van der Waals surface area (Å²) < 4.78 is 2.06. The predicted octanol–water partition coefficient (Wildman–Crippen LogP) is 1.28. The van der Waals surface area contributed by atoms with Crippen LogP contribution < -0.4 is 0 Å². The number of aliphatic carboxylic acids is 1. The van der Waals surface area contributed by atoms with E-state index in [2.05, 4.69) is 42.4 Å². The second-order valence-electron chi connectivity index (χ2n) is 5.78. The van der Waals surface area contributed by atoms with Gasteiger partial charge in [0.2, 0.25) is 0 Å². The highest BCUT2D eigenvalue weighted by atomic mass is 16.4. The summed E-state index contributed by atoms with van der Waals surface area (Å²) in [6.45, 7) is 13.0. The third-order valence-electron chi connectivity index (χ3n) is 4.47. The number of piperazine rings is 1. The summed E-state index contributed by atoms with van der Waals surface area (Å²) in [5, 5.41) is 13.5. The molecule has 0 radical (unpaired) electrons. The van der Waals surface area contributed by atoms with Crippen molar-refractivity contribution >= 4 is 5.97 Å². The molecule has 1 fully saturated rings. The average molecular weight is 294 g/mol. The Balaban J connectivity index is 2.03. The van der Waals surface area contributed by atoms with Gasteiger partial charge in [-0.3, -0.25) is 19.3 Å². The van der Waals surface area contributed by atoms with Gasteiger partial charge in [-0.1, -0.05) is 0 Å². The maximum Gasteiger partial charge on any atom is 0.317 e. The third kappa shape index (κ3) is 3.44. The van der Waals surface area contributed by atoms with Gasteiger partial charge < -0.3 is 5.11 Å². The molecule has 1 aromatic heterocycles. The fourth-order valence-corrected chi connectivity index (χ4v) is 3.31. The van der Waals surface area contributed by atoms with Crippen LogP contribution in [0.15, 0.2) is 0 Å². The Kier molecular flexibility index (Phi) is 5.00. The largest absolute Gasteiger partial charge is 0.480 e. The fraction of sp³-hybridized carbons (Fsp3) is 0.733. The maximum absolute atomic E-state index is 10.8. The van der Waals surface area contributed by atoms with Gasteiger partial charge in [0.25, 0.3) is 0 Å². The van der Waals surface area contributed by atoms with Gasteiger partial charge in [0, 0.05) is 50.0 Å². The standard InChI is InChI=1S/C15H26N4O2/c1-5-19-13(4)15(11(2)16-19)12(3)18-8-6-17(7-9-18)10-14(20)21/h12H,5-10H2,1-4H3,(H,20,21). The lowest BCUT2D eigenvalue weighted by Crippen LogP contribution is -2.48. The Bertz CT molecular complexity index is 504. The third-order valence-corrected chi connectivity index (χ3v) is 4.47. The summed E-state index contributed by atoms with van der Waals surface area (Å²) in [6.07, 6.45) is 0. The zero-order chi connectivity index (χ0) is 15.6. The first kappa shape index (κ1) is 16.0. The molecule has 6 nitrogen and oxygen atoms in total. The van der Waals surface area contributed by atoms with E-state index in [-0.39, 0.29) is 6.54 Å². The van der Waals surface area contributed by atoms with Crippen molar-refractivity contribution in [2.24, 2.45) is 0 Å². The highest BCUT2D eigenvalue weighted by molar-refractivity contribution is 5.69. The number of hydrogen-bond acceptors (Lipinski definition) is 4. The summed E-state index contributed by atoms with van der Waals surface area (Å²) in [6, 6.07) is 0.331. The Hall–Kier alpha value is -1.40. The summed E-state index contributed by atoms with van der Waals surface area (Å²) in [7, 11) is 0. The Morgan fingerprint density at radius 3 is 2.38 bits per heavy atom. The fourth-order valence-electron chi connectivity index (χ4n) is 3.31. The summed E-state index contributed by atoms with van der Waals surface area (Å²) in [5.74, 6) is -0.743. The molecular weight excluding hydrogens is 268 g/mol. The number of rotatable bonds is 5. The van der Waals surface area contributed by atoms with Gasteiger partial charge in [0.15, 0.2) is 0 Å². The van der Waals surface area contributed by atoms with Crippen molar-refractivity contribution in [1.29, 1.82) is 0 Å². The second kappa shape index (κ2) is 6.58. The minimum Gasteiger partial charge on any atom is -0.480 e. The average Bonchev–Trinajstić information content (AvgIpc) is 2.73. The van der Waals surface area contributed by atoms with Crippen LogP contribution in [0.1, 0.15) is 36.8 Å². The molecule has 0 aliphatic carbocycles. The number of carboxylic acids is 1. The van der Waals surface area contributed by atoms with E-state index in [0.29, 0.717) is 6.04 Å². The maximum atomic E-state index is 10.8. The van der Waals surface area contributed by atoms with E-state index in [1.165, 1.54) is 11.3 Å². The molecule has 1 aliphatic rings. The minimum atomic E-state index is -0.743. The zero-order valence-electron chi connectivity index (χ0n) is 13.5. The van der Waals surface area contributed by atoms with Gasteiger partial charge in [-0.2, -0.15) is 5.10 Å². The molecule has 2 rings (SSSR count). The quantitative estimate of drug-likeness (QED) is 0.886. The van der Waals surface area contributed by atoms with Gasteiger partial charge in [-0.05, 0) is 27.7 Å². The Labute approximate surface area is 126 Å². The topological polar surface area (TPSA) is 61.6 Å². The predicted molar refractivity (Wildman–Crippen MR) is 81.4 cm³/mol. The van der Waals surface area contributed by atoms with Crippen LogP contribution in [0, 0.1) is 13.8 Å². The van der Waals surface area contributed by atoms with E-state index in [1.54, 1.807) is 0 Å². The molecule has 1 aliphatic heterocycles. The normalized spacial score (nSPS) is 18.9. The van der Waals surface area contributed by atoms with E-state index >= 15 is 0 Å². The van der Waals surface area contributed by atoms with Crippen LogP contribution in [-0.4, -0.2) is 63.4 Å². The number of nitrogens with zero attached hydrogens (tertiary/aromatic N) is 4. The van der Waals surface area contributed by atoms with Crippen molar-refractivity contribution in [2.75, 3.05) is 32.7 Å². The molecule has 6 heteroatoms. The van der Waals surface area contributed by atoms with Gasteiger partial charge in [0.1, 0.15) is 0 Å². The molecule has 0 spiro atoms. The highest BCUT2D eigenvalue weighted by Crippen LogP contribution is 2.27. The van der Waals surface area contributed by atoms with Crippen molar-refractivity contribution in [1.82, 2.24) is 19.6 Å². The van der Waals surface area contributed by atoms with Crippen molar-refractivity contribution < 1.29 is 9.90 Å². The van der Waals surface area contributed by atoms with E-state index in [1.807, 2.05) is 4.90 Å². The smallest absolute Gasteiger partial charge is 0.317 e. The molecule has 1 aromatic rings. The Morgan fingerprint density at radius 2 is 1.90 bits per heavy atom. The van der Waals surface area contributed by atoms with Crippen LogP contribution in [0.2, 0.25) is 0 Å². The van der Waals surface area contributed by atoms with Crippen LogP contribution in [0.5, 0.6) is 0 Å². The number of hydrogen-bond donors (Lipinski definition) is 1. The number of aryl methyl sites for hydroxylation is 2. The van der Waals surface area contributed by atoms with Crippen molar-refractivity contribution in [2.45, 2.75) is 40.3 Å². The van der Waals surface area contributed by atoms with Crippen molar-refractivity contribution in [3.8, 4) is 0 Å². The van der Waals surface area contributed by atoms with E-state index in [0.717, 1.165) is 38.4 Å². The highest BCUT2D eigenvalue weighted by Gasteiger charge is 2.26. The molecule has 0 aromatic carbocycles. The lowest BCUT2D eigenvalue weighted by Gasteiger charge is -2.37. The molecule has 1 saturated heterocycles. The van der Waals surface area contributed by atoms with Crippen molar-refractivity contribution in [3.05, 3.63) is 17.0 Å². The van der Waals surface area contributed by atoms with Gasteiger partial charge in [-0.15, -0.1) is 0 Å². The van der Waals surface area contributed by atoms with Gasteiger partial charge in [-0.25, -0.2) is 0 Å². The molecular formula is C15H26N4O2. The van der Waals surface area contributed by atoms with Crippen LogP contribution in [0.3, 0.4) is 0 Å². The molecule has 1 N–H and O–H groups in total. The molecule has 0 saturated carbocycles. The SMILES string of the molecule is CCn1nc(C)c(C(C)N2CCN(CC(=O)O)CC2)c1C. The van der Waals surface area contributed by atoms with Crippen LogP contribution in [0.25, 0.3) is 0 Å². The molecule has 1 atom stereocenters. The molecule has 1 unspecified atom stereocenters. The van der Waals surface area contributed by atoms with Crippen LogP contribution >= 0.6 is 0 Å². The molecule has 21 heavy (non-hydrogen) atoms. The first-order valence-electron chi connectivity index (χ1n) is 7.66. The first-order valence-corrected chi connectivity index (χ1v) is 7.66. The van der Waals surface area contributed by atoms with E-state index < -0.39 is 5.97 Å². The molecule has 0 amide bonds. The van der Waals surface area contributed by atoms with Crippen LogP contribution in [-0.2, 0) is 11.3 Å². The monoisotopic (exact) mass is 294 g/mol. The van der Waals surface area contributed by atoms with E-state index in [9.17, 15) is 4.79 Å². The molecule has 2 heterocycles. The van der Waals surface area contributed by atoms with Crippen molar-refractivity contribution in [3.63, 3.8) is 0 Å². The van der Waals surface area contributed by atoms with E-state index in [4.69, 9.17) is 5.11 Å². The second-order valence-corrected chi connectivity index (χ2v) is 5.78. The zero-order valence-corrected chi connectivity index (χ0v) is 13.5. The molecule has 118 valence electrons. The lowest BCUT2D eigenvalue weighted by atomic mass is 10.0. The van der Waals surface area contributed by atoms with Gasteiger partial charge in [0.05, 0.1) is 12.2 Å². The lowest BCUT2D eigenvalue weighted by molar-refractivity contribution is -0.138. The minimum absolute atomic E-state index is 0.147. The molecule has 0 bridgehead atoms. The first-order chi connectivity index (χ1) is 9.93. The van der Waals surface area contributed by atoms with Gasteiger partial charge >= 0.3 is 5.97 Å². The summed E-state index contributed by atoms with van der Waals surface area (Å²) >= 11 is 0.